The van der Waals surface area contributed by atoms with Crippen LogP contribution in [0.2, 0.25) is 0 Å². The molecule has 0 amide bonds. The van der Waals surface area contributed by atoms with E-state index in [0.29, 0.717) is 5.88 Å². The Morgan fingerprint density at radius 2 is 2.05 bits per heavy atom. The Balaban J connectivity index is 1.95. The average Bonchev–Trinajstić information content (AvgIpc) is 2.76. The maximum atomic E-state index is 5.95. The standard InChI is InChI=1S/C15H17BrN2O2/c1-19-15(7-2-8-15)9-12-13(14(17)20-18-12)10-3-5-11(16)6-4-10/h3-6H,2,7-9,17H2,1H3. The van der Waals surface area contributed by atoms with Gasteiger partial charge >= 0.3 is 0 Å². The van der Waals surface area contributed by atoms with Gasteiger partial charge in [-0.1, -0.05) is 33.2 Å². The van der Waals surface area contributed by atoms with Crippen LogP contribution in [-0.2, 0) is 11.2 Å². The fourth-order valence-electron chi connectivity index (χ4n) is 2.71. The van der Waals surface area contributed by atoms with Crippen LogP contribution in [0.5, 0.6) is 0 Å². The van der Waals surface area contributed by atoms with Gasteiger partial charge in [0.05, 0.1) is 16.9 Å². The van der Waals surface area contributed by atoms with Crippen LogP contribution in [0, 0.1) is 0 Å². The third-order valence-corrected chi connectivity index (χ3v) is 4.64. The van der Waals surface area contributed by atoms with E-state index >= 15 is 0 Å². The van der Waals surface area contributed by atoms with Crippen LogP contribution in [-0.4, -0.2) is 17.9 Å². The highest BCUT2D eigenvalue weighted by molar-refractivity contribution is 9.10. The minimum absolute atomic E-state index is 0.0899. The molecule has 0 bridgehead atoms. The smallest absolute Gasteiger partial charge is 0.230 e. The summed E-state index contributed by atoms with van der Waals surface area (Å²) in [6.07, 6.45) is 4.08. The molecule has 0 atom stereocenters. The van der Waals surface area contributed by atoms with Crippen molar-refractivity contribution in [3.63, 3.8) is 0 Å². The van der Waals surface area contributed by atoms with Crippen LogP contribution in [0.25, 0.3) is 11.1 Å². The van der Waals surface area contributed by atoms with Gasteiger partial charge in [-0.15, -0.1) is 0 Å². The first-order chi connectivity index (χ1) is 9.63. The van der Waals surface area contributed by atoms with Gasteiger partial charge in [0.1, 0.15) is 0 Å². The van der Waals surface area contributed by atoms with Gasteiger partial charge in [-0.2, -0.15) is 0 Å². The van der Waals surface area contributed by atoms with Crippen molar-refractivity contribution >= 4 is 21.8 Å². The molecular formula is C15H17BrN2O2. The predicted octanol–water partition coefficient (Wildman–Crippen LogP) is 3.80. The maximum Gasteiger partial charge on any atom is 0.230 e. The van der Waals surface area contributed by atoms with E-state index in [9.17, 15) is 0 Å². The fourth-order valence-corrected chi connectivity index (χ4v) is 2.98. The molecule has 1 heterocycles. The van der Waals surface area contributed by atoms with Gasteiger partial charge in [-0.3, -0.25) is 0 Å². The lowest BCUT2D eigenvalue weighted by molar-refractivity contribution is -0.0717. The van der Waals surface area contributed by atoms with Crippen molar-refractivity contribution in [3.8, 4) is 11.1 Å². The summed E-state index contributed by atoms with van der Waals surface area (Å²) in [6, 6.07) is 8.00. The Morgan fingerprint density at radius 1 is 1.35 bits per heavy atom. The Labute approximate surface area is 126 Å². The Morgan fingerprint density at radius 3 is 2.60 bits per heavy atom. The van der Waals surface area contributed by atoms with Crippen molar-refractivity contribution in [2.45, 2.75) is 31.3 Å². The Hall–Kier alpha value is -1.33. The summed E-state index contributed by atoms with van der Waals surface area (Å²) in [6.45, 7) is 0. The van der Waals surface area contributed by atoms with E-state index in [0.717, 1.165) is 40.6 Å². The first kappa shape index (κ1) is 13.6. The largest absolute Gasteiger partial charge is 0.378 e. The van der Waals surface area contributed by atoms with E-state index in [1.54, 1.807) is 7.11 Å². The van der Waals surface area contributed by atoms with Crippen LogP contribution in [0.3, 0.4) is 0 Å². The fraction of sp³-hybridized carbons (Fsp3) is 0.400. The number of nitrogens with zero attached hydrogens (tertiary/aromatic N) is 1. The number of benzene rings is 1. The predicted molar refractivity (Wildman–Crippen MR) is 81.3 cm³/mol. The lowest BCUT2D eigenvalue weighted by Gasteiger charge is -2.40. The van der Waals surface area contributed by atoms with Crippen molar-refractivity contribution in [1.82, 2.24) is 5.16 Å². The highest BCUT2D eigenvalue weighted by Gasteiger charge is 2.39. The number of nitrogen functional groups attached to an aromatic ring is 1. The lowest BCUT2D eigenvalue weighted by atomic mass is 9.76. The molecule has 4 nitrogen and oxygen atoms in total. The second kappa shape index (κ2) is 5.22. The second-order valence-corrected chi connectivity index (χ2v) is 6.21. The zero-order chi connectivity index (χ0) is 14.2. The first-order valence-electron chi connectivity index (χ1n) is 6.69. The van der Waals surface area contributed by atoms with Gasteiger partial charge in [0.2, 0.25) is 5.88 Å². The van der Waals surface area contributed by atoms with E-state index in [1.165, 1.54) is 6.42 Å². The third-order valence-electron chi connectivity index (χ3n) is 4.11. The van der Waals surface area contributed by atoms with Crippen LogP contribution in [0.4, 0.5) is 5.88 Å². The summed E-state index contributed by atoms with van der Waals surface area (Å²) in [5.74, 6) is 0.368. The topological polar surface area (TPSA) is 61.3 Å². The molecule has 1 fully saturated rings. The summed E-state index contributed by atoms with van der Waals surface area (Å²) < 4.78 is 11.9. The van der Waals surface area contributed by atoms with E-state index in [-0.39, 0.29) is 5.60 Å². The molecule has 0 radical (unpaired) electrons. The highest BCUT2D eigenvalue weighted by Crippen LogP contribution is 2.41. The molecule has 0 saturated heterocycles. The number of aromatic nitrogens is 1. The third kappa shape index (κ3) is 2.36. The Bertz CT molecular complexity index is 597. The molecule has 20 heavy (non-hydrogen) atoms. The summed E-state index contributed by atoms with van der Waals surface area (Å²) >= 11 is 3.44. The lowest BCUT2D eigenvalue weighted by Crippen LogP contribution is -2.41. The normalized spacial score (nSPS) is 16.9. The van der Waals surface area contributed by atoms with Gasteiger partial charge in [0.15, 0.2) is 0 Å². The number of rotatable bonds is 4. The summed E-state index contributed by atoms with van der Waals surface area (Å²) in [7, 11) is 1.77. The minimum Gasteiger partial charge on any atom is -0.378 e. The van der Waals surface area contributed by atoms with E-state index in [1.807, 2.05) is 24.3 Å². The van der Waals surface area contributed by atoms with Crippen LogP contribution < -0.4 is 5.73 Å². The molecule has 106 valence electrons. The first-order valence-corrected chi connectivity index (χ1v) is 7.48. The van der Waals surface area contributed by atoms with E-state index in [2.05, 4.69) is 21.1 Å². The summed E-state index contributed by atoms with van der Waals surface area (Å²) in [5.41, 5.74) is 8.65. The molecule has 0 spiro atoms. The molecule has 5 heteroatoms. The SMILES string of the molecule is COC1(Cc2noc(N)c2-c2ccc(Br)cc2)CCC1. The number of hydrogen-bond donors (Lipinski definition) is 1. The molecule has 1 aliphatic rings. The molecule has 2 aromatic rings. The Kier molecular flexibility index (Phi) is 3.56. The number of halogens is 1. The molecule has 1 aliphatic carbocycles. The highest BCUT2D eigenvalue weighted by atomic mass is 79.9. The van der Waals surface area contributed by atoms with Gasteiger partial charge in [0.25, 0.3) is 0 Å². The number of nitrogens with two attached hydrogens (primary N) is 1. The second-order valence-electron chi connectivity index (χ2n) is 5.29. The number of hydrogen-bond acceptors (Lipinski definition) is 4. The maximum absolute atomic E-state index is 5.95. The van der Waals surface area contributed by atoms with Gasteiger partial charge in [0, 0.05) is 18.0 Å². The van der Waals surface area contributed by atoms with Crippen LogP contribution in [0.1, 0.15) is 25.0 Å². The van der Waals surface area contributed by atoms with Crippen molar-refractivity contribution in [1.29, 1.82) is 0 Å². The molecule has 2 N–H and O–H groups in total. The van der Waals surface area contributed by atoms with Crippen LogP contribution in [0.15, 0.2) is 33.3 Å². The van der Waals surface area contributed by atoms with E-state index in [4.69, 9.17) is 15.0 Å². The zero-order valence-electron chi connectivity index (χ0n) is 11.4. The molecular weight excluding hydrogens is 320 g/mol. The number of anilines is 1. The van der Waals surface area contributed by atoms with Crippen LogP contribution >= 0.6 is 15.9 Å². The quantitative estimate of drug-likeness (QED) is 0.922. The minimum atomic E-state index is -0.0899. The van der Waals surface area contributed by atoms with Crippen molar-refractivity contribution in [3.05, 3.63) is 34.4 Å². The van der Waals surface area contributed by atoms with Crippen molar-refractivity contribution in [2.24, 2.45) is 0 Å². The van der Waals surface area contributed by atoms with Gasteiger partial charge < -0.3 is 15.0 Å². The van der Waals surface area contributed by atoms with E-state index < -0.39 is 0 Å². The molecule has 1 aromatic heterocycles. The molecule has 3 rings (SSSR count). The van der Waals surface area contributed by atoms with Gasteiger partial charge in [-0.05, 0) is 37.0 Å². The monoisotopic (exact) mass is 336 g/mol. The number of methoxy groups -OCH3 is 1. The summed E-state index contributed by atoms with van der Waals surface area (Å²) in [4.78, 5) is 0. The van der Waals surface area contributed by atoms with Crippen molar-refractivity contribution in [2.75, 3.05) is 12.8 Å². The summed E-state index contributed by atoms with van der Waals surface area (Å²) in [5, 5.41) is 4.14. The molecule has 0 aliphatic heterocycles. The molecule has 1 saturated carbocycles. The van der Waals surface area contributed by atoms with Crippen molar-refractivity contribution < 1.29 is 9.26 Å². The average molecular weight is 337 g/mol. The zero-order valence-corrected chi connectivity index (χ0v) is 12.9. The number of ether oxygens (including phenoxy) is 1. The molecule has 0 unspecified atom stereocenters. The van der Waals surface area contributed by atoms with Gasteiger partial charge in [-0.25, -0.2) is 0 Å². The molecule has 1 aromatic carbocycles.